The van der Waals surface area contributed by atoms with Crippen molar-refractivity contribution in [1.82, 2.24) is 26.6 Å². The molecule has 0 aliphatic heterocycles. The van der Waals surface area contributed by atoms with Crippen LogP contribution in [-0.4, -0.2) is 79.7 Å². The number of carbonyl (C=O) groups excluding carboxylic acids is 6. The van der Waals surface area contributed by atoms with E-state index >= 15 is 0 Å². The van der Waals surface area contributed by atoms with Gasteiger partial charge in [-0.3, -0.25) is 28.8 Å². The SMILES string of the molecule is CCC(=O)NCCNC(=O)C(C)NC(=O)C(C)NC(=O)C(C)NC(=O)COCC(C)=O. The number of hydrogen-bond donors (Lipinski definition) is 5. The summed E-state index contributed by atoms with van der Waals surface area (Å²) in [6, 6.07) is -2.76. The molecular formula is C19H33N5O7. The minimum Gasteiger partial charge on any atom is -0.364 e. The van der Waals surface area contributed by atoms with Crippen LogP contribution in [-0.2, 0) is 33.5 Å². The van der Waals surface area contributed by atoms with Crippen molar-refractivity contribution in [2.24, 2.45) is 0 Å². The van der Waals surface area contributed by atoms with Crippen LogP contribution in [0.15, 0.2) is 0 Å². The second-order valence-corrected chi connectivity index (χ2v) is 6.94. The lowest BCUT2D eigenvalue weighted by molar-refractivity contribution is -0.134. The Morgan fingerprint density at radius 1 is 0.677 bits per heavy atom. The largest absolute Gasteiger partial charge is 0.364 e. The number of rotatable bonds is 14. The zero-order valence-electron chi connectivity index (χ0n) is 18.6. The predicted octanol–water partition coefficient (Wildman–Crippen LogP) is -2.25. The van der Waals surface area contributed by atoms with Gasteiger partial charge in [0.2, 0.25) is 29.5 Å². The molecule has 0 aromatic heterocycles. The first-order valence-electron chi connectivity index (χ1n) is 9.99. The molecule has 176 valence electrons. The van der Waals surface area contributed by atoms with E-state index in [4.69, 9.17) is 4.74 Å². The fraction of sp³-hybridized carbons (Fsp3) is 0.684. The number of Topliss-reactive ketones (excluding diaryl/α,β-unsaturated/α-hetero) is 1. The van der Waals surface area contributed by atoms with Crippen molar-refractivity contribution in [2.75, 3.05) is 26.3 Å². The molecule has 0 rings (SSSR count). The van der Waals surface area contributed by atoms with Crippen molar-refractivity contribution in [1.29, 1.82) is 0 Å². The molecule has 5 N–H and O–H groups in total. The Hall–Kier alpha value is -3.02. The molecule has 0 bridgehead atoms. The second-order valence-electron chi connectivity index (χ2n) is 6.94. The van der Waals surface area contributed by atoms with E-state index in [9.17, 15) is 28.8 Å². The Kier molecular flexibility index (Phi) is 13.4. The molecule has 31 heavy (non-hydrogen) atoms. The fourth-order valence-corrected chi connectivity index (χ4v) is 2.11. The molecule has 12 nitrogen and oxygen atoms in total. The van der Waals surface area contributed by atoms with Crippen LogP contribution in [0, 0.1) is 0 Å². The first-order valence-corrected chi connectivity index (χ1v) is 9.99. The lowest BCUT2D eigenvalue weighted by Gasteiger charge is -2.20. The highest BCUT2D eigenvalue weighted by atomic mass is 16.5. The molecule has 0 fully saturated rings. The summed E-state index contributed by atoms with van der Waals surface area (Å²) in [5, 5.41) is 12.5. The smallest absolute Gasteiger partial charge is 0.246 e. The standard InChI is InChI=1S/C19H33N5O7/c1-6-15(26)20-7-8-21-17(28)12(3)23-19(30)14(5)24-18(29)13(4)22-16(27)10-31-9-11(2)25/h12-14H,6-10H2,1-5H3,(H,20,26)(H,21,28)(H,22,27)(H,23,30)(H,24,29). The number of carbonyl (C=O) groups is 6. The highest BCUT2D eigenvalue weighted by Gasteiger charge is 2.23. The van der Waals surface area contributed by atoms with Crippen LogP contribution in [0.25, 0.3) is 0 Å². The summed E-state index contributed by atoms with van der Waals surface area (Å²) in [6.45, 7) is 7.28. The van der Waals surface area contributed by atoms with Crippen LogP contribution >= 0.6 is 0 Å². The molecule has 5 amide bonds. The average Bonchev–Trinajstić information content (AvgIpc) is 2.69. The molecule has 0 spiro atoms. The minimum absolute atomic E-state index is 0.130. The van der Waals surface area contributed by atoms with E-state index in [1.807, 2.05) is 0 Å². The van der Waals surface area contributed by atoms with Gasteiger partial charge >= 0.3 is 0 Å². The van der Waals surface area contributed by atoms with Crippen LogP contribution in [0.3, 0.4) is 0 Å². The molecular weight excluding hydrogens is 410 g/mol. The molecule has 3 unspecified atom stereocenters. The maximum atomic E-state index is 12.2. The van der Waals surface area contributed by atoms with E-state index in [2.05, 4.69) is 26.6 Å². The first kappa shape index (κ1) is 28.0. The van der Waals surface area contributed by atoms with E-state index < -0.39 is 41.8 Å². The first-order chi connectivity index (χ1) is 14.5. The molecule has 3 atom stereocenters. The van der Waals surface area contributed by atoms with Gasteiger partial charge in [0.05, 0.1) is 0 Å². The Labute approximate surface area is 181 Å². The monoisotopic (exact) mass is 443 g/mol. The van der Waals surface area contributed by atoms with Crippen molar-refractivity contribution in [3.8, 4) is 0 Å². The summed E-state index contributed by atoms with van der Waals surface area (Å²) in [4.78, 5) is 69.9. The van der Waals surface area contributed by atoms with E-state index in [1.165, 1.54) is 27.7 Å². The van der Waals surface area contributed by atoms with Crippen molar-refractivity contribution < 1.29 is 33.5 Å². The Morgan fingerprint density at radius 3 is 1.68 bits per heavy atom. The lowest BCUT2D eigenvalue weighted by Crippen LogP contribution is -2.55. The zero-order valence-corrected chi connectivity index (χ0v) is 18.6. The number of ether oxygens (including phenoxy) is 1. The number of amides is 5. The highest BCUT2D eigenvalue weighted by Crippen LogP contribution is 1.91. The third-order valence-corrected chi connectivity index (χ3v) is 3.88. The molecule has 0 heterocycles. The van der Waals surface area contributed by atoms with Gasteiger partial charge in [-0.25, -0.2) is 0 Å². The van der Waals surface area contributed by atoms with Gasteiger partial charge in [0.1, 0.15) is 31.3 Å². The van der Waals surface area contributed by atoms with Crippen LogP contribution in [0.2, 0.25) is 0 Å². The van der Waals surface area contributed by atoms with Gasteiger partial charge in [-0.2, -0.15) is 0 Å². The molecule has 0 aliphatic carbocycles. The van der Waals surface area contributed by atoms with E-state index in [0.29, 0.717) is 6.42 Å². The lowest BCUT2D eigenvalue weighted by atomic mass is 10.2. The van der Waals surface area contributed by atoms with Gasteiger partial charge in [-0.15, -0.1) is 0 Å². The van der Waals surface area contributed by atoms with Gasteiger partial charge in [0, 0.05) is 19.5 Å². The van der Waals surface area contributed by atoms with E-state index in [-0.39, 0.29) is 38.0 Å². The van der Waals surface area contributed by atoms with Crippen molar-refractivity contribution in [3.05, 3.63) is 0 Å². The van der Waals surface area contributed by atoms with Gasteiger partial charge in [-0.1, -0.05) is 6.92 Å². The minimum atomic E-state index is -0.958. The van der Waals surface area contributed by atoms with Gasteiger partial charge < -0.3 is 31.3 Å². The molecule has 0 aromatic rings. The van der Waals surface area contributed by atoms with Crippen molar-refractivity contribution in [3.63, 3.8) is 0 Å². The number of nitrogens with one attached hydrogen (secondary N) is 5. The van der Waals surface area contributed by atoms with Crippen LogP contribution in [0.5, 0.6) is 0 Å². The van der Waals surface area contributed by atoms with Crippen molar-refractivity contribution in [2.45, 2.75) is 59.2 Å². The number of ketones is 1. The van der Waals surface area contributed by atoms with Crippen LogP contribution in [0.1, 0.15) is 41.0 Å². The summed E-state index contributed by atoms with van der Waals surface area (Å²) in [7, 11) is 0. The summed E-state index contributed by atoms with van der Waals surface area (Å²) in [6.07, 6.45) is 0.347. The second kappa shape index (κ2) is 14.9. The van der Waals surface area contributed by atoms with Gasteiger partial charge in [0.15, 0.2) is 5.78 Å². The third-order valence-electron chi connectivity index (χ3n) is 3.88. The topological polar surface area (TPSA) is 172 Å². The zero-order chi connectivity index (χ0) is 24.0. The van der Waals surface area contributed by atoms with E-state index in [0.717, 1.165) is 0 Å². The molecule has 0 aliphatic rings. The van der Waals surface area contributed by atoms with Gasteiger partial charge in [-0.05, 0) is 27.7 Å². The van der Waals surface area contributed by atoms with Crippen molar-refractivity contribution >= 4 is 35.3 Å². The van der Waals surface area contributed by atoms with Gasteiger partial charge in [0.25, 0.3) is 0 Å². The predicted molar refractivity (Wildman–Crippen MR) is 111 cm³/mol. The molecule has 0 saturated carbocycles. The number of hydrogen-bond acceptors (Lipinski definition) is 7. The molecule has 0 aromatic carbocycles. The Bertz CT molecular complexity index is 668. The highest BCUT2D eigenvalue weighted by molar-refractivity contribution is 5.93. The van der Waals surface area contributed by atoms with Crippen LogP contribution in [0.4, 0.5) is 0 Å². The molecule has 0 saturated heterocycles. The Balaban J connectivity index is 4.31. The van der Waals surface area contributed by atoms with E-state index in [1.54, 1.807) is 6.92 Å². The summed E-state index contributed by atoms with van der Waals surface area (Å²) in [5.74, 6) is -2.58. The quantitative estimate of drug-likeness (QED) is 0.189. The van der Waals surface area contributed by atoms with Crippen LogP contribution < -0.4 is 26.6 Å². The maximum Gasteiger partial charge on any atom is 0.246 e. The summed E-state index contributed by atoms with van der Waals surface area (Å²) < 4.78 is 4.86. The fourth-order valence-electron chi connectivity index (χ4n) is 2.11. The summed E-state index contributed by atoms with van der Waals surface area (Å²) >= 11 is 0. The summed E-state index contributed by atoms with van der Waals surface area (Å²) in [5.41, 5.74) is 0. The average molecular weight is 444 g/mol. The maximum absolute atomic E-state index is 12.2. The Morgan fingerprint density at radius 2 is 1.16 bits per heavy atom. The normalized spacial score (nSPS) is 13.2. The molecule has 12 heteroatoms. The third kappa shape index (κ3) is 13.0. The molecule has 0 radical (unpaired) electrons.